The van der Waals surface area contributed by atoms with E-state index < -0.39 is 0 Å². The summed E-state index contributed by atoms with van der Waals surface area (Å²) in [5, 5.41) is 4.23. The summed E-state index contributed by atoms with van der Waals surface area (Å²) in [7, 11) is 0. The molecule has 0 N–H and O–H groups in total. The van der Waals surface area contributed by atoms with E-state index in [2.05, 4.69) is 34.3 Å². The van der Waals surface area contributed by atoms with Gasteiger partial charge in [-0.2, -0.15) is 5.10 Å². The first-order valence-corrected chi connectivity index (χ1v) is 10.8. The van der Waals surface area contributed by atoms with Gasteiger partial charge in [0.25, 0.3) is 5.91 Å². The van der Waals surface area contributed by atoms with E-state index in [9.17, 15) is 4.79 Å². The summed E-state index contributed by atoms with van der Waals surface area (Å²) in [6, 6.07) is 9.22. The van der Waals surface area contributed by atoms with Crippen molar-refractivity contribution < 1.29 is 4.79 Å². The van der Waals surface area contributed by atoms with Crippen LogP contribution in [0.1, 0.15) is 54.1 Å². The maximum absolute atomic E-state index is 12.6. The Morgan fingerprint density at radius 1 is 1.04 bits per heavy atom. The molecule has 150 valence electrons. The van der Waals surface area contributed by atoms with Crippen LogP contribution in [0.2, 0.25) is 0 Å². The molecule has 5 nitrogen and oxygen atoms in total. The summed E-state index contributed by atoms with van der Waals surface area (Å²) < 4.78 is 1.81. The summed E-state index contributed by atoms with van der Waals surface area (Å²) in [5.74, 6) is 0.802. The van der Waals surface area contributed by atoms with E-state index in [0.717, 1.165) is 45.4 Å². The first-order chi connectivity index (χ1) is 13.7. The molecule has 0 bridgehead atoms. The summed E-state index contributed by atoms with van der Waals surface area (Å²) in [4.78, 5) is 17.2. The van der Waals surface area contributed by atoms with Crippen molar-refractivity contribution in [1.82, 2.24) is 19.6 Å². The van der Waals surface area contributed by atoms with E-state index >= 15 is 0 Å². The van der Waals surface area contributed by atoms with Gasteiger partial charge in [-0.1, -0.05) is 24.3 Å². The smallest absolute Gasteiger partial charge is 0.257 e. The van der Waals surface area contributed by atoms with Gasteiger partial charge in [-0.25, -0.2) is 0 Å². The van der Waals surface area contributed by atoms with Gasteiger partial charge in [0, 0.05) is 32.4 Å². The normalized spacial score (nSPS) is 18.7. The Balaban J connectivity index is 1.25. The molecule has 0 aliphatic carbocycles. The zero-order chi connectivity index (χ0) is 19.3. The number of likely N-dealkylation sites (tertiary alicyclic amines) is 2. The second kappa shape index (κ2) is 8.91. The molecular formula is C23H32N4O. The van der Waals surface area contributed by atoms with Crippen LogP contribution in [0.3, 0.4) is 0 Å². The minimum Gasteiger partial charge on any atom is -0.339 e. The molecular weight excluding hydrogens is 348 g/mol. The Labute approximate surface area is 168 Å². The molecule has 2 aromatic rings. The summed E-state index contributed by atoms with van der Waals surface area (Å²) in [5.41, 5.74) is 3.58. The Morgan fingerprint density at radius 2 is 1.71 bits per heavy atom. The highest BCUT2D eigenvalue weighted by molar-refractivity contribution is 5.93. The van der Waals surface area contributed by atoms with Gasteiger partial charge in [0.15, 0.2) is 0 Å². The van der Waals surface area contributed by atoms with E-state index in [0.29, 0.717) is 11.5 Å². The van der Waals surface area contributed by atoms with Gasteiger partial charge in [0.2, 0.25) is 0 Å². The van der Waals surface area contributed by atoms with Crippen molar-refractivity contribution in [2.75, 3.05) is 26.2 Å². The zero-order valence-corrected chi connectivity index (χ0v) is 17.0. The lowest BCUT2D eigenvalue weighted by Crippen LogP contribution is -2.38. The van der Waals surface area contributed by atoms with Crippen LogP contribution in [0.15, 0.2) is 36.7 Å². The number of aryl methyl sites for hydroxylation is 1. The molecule has 28 heavy (non-hydrogen) atoms. The Kier molecular flexibility index (Phi) is 6.10. The second-order valence-corrected chi connectivity index (χ2v) is 8.32. The molecule has 0 unspecified atom stereocenters. The maximum atomic E-state index is 12.6. The Hall–Kier alpha value is -2.14. The molecule has 3 heterocycles. The van der Waals surface area contributed by atoms with Gasteiger partial charge < -0.3 is 4.90 Å². The average molecular weight is 381 g/mol. The zero-order valence-electron chi connectivity index (χ0n) is 17.0. The highest BCUT2D eigenvalue weighted by Crippen LogP contribution is 2.23. The van der Waals surface area contributed by atoms with Gasteiger partial charge in [-0.15, -0.1) is 0 Å². The highest BCUT2D eigenvalue weighted by Gasteiger charge is 2.24. The van der Waals surface area contributed by atoms with Crippen molar-refractivity contribution in [1.29, 1.82) is 0 Å². The minimum absolute atomic E-state index is 0.129. The minimum atomic E-state index is 0.129. The number of aromatic nitrogens is 2. The number of rotatable bonds is 6. The number of piperidine rings is 1. The molecule has 2 saturated heterocycles. The number of hydrogen-bond acceptors (Lipinski definition) is 3. The van der Waals surface area contributed by atoms with E-state index in [1.165, 1.54) is 37.1 Å². The molecule has 4 rings (SSSR count). The van der Waals surface area contributed by atoms with Crippen LogP contribution in [0.4, 0.5) is 0 Å². The monoisotopic (exact) mass is 380 g/mol. The third-order valence-corrected chi connectivity index (χ3v) is 6.26. The third-order valence-electron chi connectivity index (χ3n) is 6.26. The largest absolute Gasteiger partial charge is 0.339 e. The fourth-order valence-corrected chi connectivity index (χ4v) is 4.48. The Bertz CT molecular complexity index is 768. The van der Waals surface area contributed by atoms with Crippen LogP contribution in [-0.4, -0.2) is 51.7 Å². The number of benzene rings is 1. The summed E-state index contributed by atoms with van der Waals surface area (Å²) >= 11 is 0. The van der Waals surface area contributed by atoms with Crippen molar-refractivity contribution in [3.05, 3.63) is 53.3 Å². The van der Waals surface area contributed by atoms with E-state index in [-0.39, 0.29) is 5.91 Å². The quantitative estimate of drug-likeness (QED) is 0.769. The van der Waals surface area contributed by atoms with Crippen LogP contribution in [0.25, 0.3) is 0 Å². The van der Waals surface area contributed by atoms with Gasteiger partial charge in [-0.05, 0) is 69.2 Å². The van der Waals surface area contributed by atoms with E-state index in [1.807, 2.05) is 22.7 Å². The van der Waals surface area contributed by atoms with E-state index in [1.54, 1.807) is 6.20 Å². The molecule has 0 saturated carbocycles. The van der Waals surface area contributed by atoms with Gasteiger partial charge in [0.05, 0.1) is 11.8 Å². The first-order valence-electron chi connectivity index (χ1n) is 10.8. The second-order valence-electron chi connectivity index (χ2n) is 8.32. The molecule has 1 amide bonds. The molecule has 0 spiro atoms. The lowest BCUT2D eigenvalue weighted by atomic mass is 9.89. The number of hydrogen-bond donors (Lipinski definition) is 0. The predicted molar refractivity (Wildman–Crippen MR) is 111 cm³/mol. The molecule has 0 radical (unpaired) electrons. The lowest BCUT2D eigenvalue weighted by molar-refractivity contribution is 0.0690. The molecule has 1 aromatic carbocycles. The molecule has 2 fully saturated rings. The van der Waals surface area contributed by atoms with Crippen LogP contribution in [0.5, 0.6) is 0 Å². The number of carbonyl (C=O) groups is 1. The van der Waals surface area contributed by atoms with E-state index in [4.69, 9.17) is 0 Å². The molecule has 0 atom stereocenters. The van der Waals surface area contributed by atoms with Gasteiger partial charge in [0.1, 0.15) is 0 Å². The van der Waals surface area contributed by atoms with Crippen LogP contribution < -0.4 is 0 Å². The standard InChI is InChI=1S/C23H32N4O/c1-2-27-18-22(16-24-27)23(28)26-13-9-20(10-14-26)15-19-5-7-21(8-6-19)17-25-11-3-4-12-25/h5-8,16,18,20H,2-4,9-15,17H2,1H3. The van der Waals surface area contributed by atoms with Crippen LogP contribution in [-0.2, 0) is 19.5 Å². The van der Waals surface area contributed by atoms with Crippen molar-refractivity contribution >= 4 is 5.91 Å². The third kappa shape index (κ3) is 4.64. The fourth-order valence-electron chi connectivity index (χ4n) is 4.48. The predicted octanol–water partition coefficient (Wildman–Crippen LogP) is 3.59. The Morgan fingerprint density at radius 3 is 2.36 bits per heavy atom. The van der Waals surface area contributed by atoms with Crippen LogP contribution >= 0.6 is 0 Å². The fraction of sp³-hybridized carbons (Fsp3) is 0.565. The number of amides is 1. The number of carbonyl (C=O) groups excluding carboxylic acids is 1. The average Bonchev–Trinajstić information content (AvgIpc) is 3.41. The van der Waals surface area contributed by atoms with Gasteiger partial charge >= 0.3 is 0 Å². The van der Waals surface area contributed by atoms with Crippen LogP contribution in [0, 0.1) is 5.92 Å². The topological polar surface area (TPSA) is 41.4 Å². The van der Waals surface area contributed by atoms with Crippen molar-refractivity contribution in [3.8, 4) is 0 Å². The summed E-state index contributed by atoms with van der Waals surface area (Å²) in [6.07, 6.45) is 9.55. The maximum Gasteiger partial charge on any atom is 0.257 e. The first kappa shape index (κ1) is 19.2. The van der Waals surface area contributed by atoms with Gasteiger partial charge in [-0.3, -0.25) is 14.4 Å². The highest BCUT2D eigenvalue weighted by atomic mass is 16.2. The molecule has 1 aromatic heterocycles. The molecule has 2 aliphatic rings. The number of nitrogens with zero attached hydrogens (tertiary/aromatic N) is 4. The van der Waals surface area contributed by atoms with Crippen molar-refractivity contribution in [2.24, 2.45) is 5.92 Å². The van der Waals surface area contributed by atoms with Crippen molar-refractivity contribution in [3.63, 3.8) is 0 Å². The van der Waals surface area contributed by atoms with Crippen molar-refractivity contribution in [2.45, 2.75) is 52.1 Å². The summed E-state index contributed by atoms with van der Waals surface area (Å²) in [6.45, 7) is 8.13. The SMILES string of the molecule is CCn1cc(C(=O)N2CCC(Cc3ccc(CN4CCCC4)cc3)CC2)cn1. The molecule has 2 aliphatic heterocycles. The molecule has 5 heteroatoms. The lowest BCUT2D eigenvalue weighted by Gasteiger charge is -2.32.